The number of hydrogen-bond donors (Lipinski definition) is 1. The van der Waals surface area contributed by atoms with Gasteiger partial charge in [0.25, 0.3) is 5.56 Å². The van der Waals surface area contributed by atoms with Crippen molar-refractivity contribution in [2.24, 2.45) is 0 Å². The summed E-state index contributed by atoms with van der Waals surface area (Å²) < 4.78 is 3.21. The maximum atomic E-state index is 12.6. The van der Waals surface area contributed by atoms with Crippen molar-refractivity contribution in [1.29, 1.82) is 0 Å². The fourth-order valence-electron chi connectivity index (χ4n) is 3.42. The molecule has 1 aromatic carbocycles. The number of nitrogens with one attached hydrogen (secondary N) is 1. The zero-order valence-corrected chi connectivity index (χ0v) is 18.0. The van der Waals surface area contributed by atoms with Crippen LogP contribution in [-0.4, -0.2) is 47.5 Å². The maximum Gasteiger partial charge on any atom is 0.277 e. The monoisotopic (exact) mass is 437 g/mol. The lowest BCUT2D eigenvalue weighted by atomic mass is 10.2. The molecular formula is C21H23N7O2S. The fourth-order valence-corrected chi connectivity index (χ4v) is 3.90. The minimum absolute atomic E-state index is 0.0967. The largest absolute Gasteiger partial charge is 0.346 e. The molecule has 1 atom stereocenters. The van der Waals surface area contributed by atoms with E-state index >= 15 is 0 Å². The van der Waals surface area contributed by atoms with Crippen LogP contribution in [0.4, 0.5) is 0 Å². The Balaban J connectivity index is 1.40. The summed E-state index contributed by atoms with van der Waals surface area (Å²) in [6.07, 6.45) is 5.43. The van der Waals surface area contributed by atoms with Crippen LogP contribution in [0.15, 0.2) is 53.5 Å². The molecule has 0 spiro atoms. The molecule has 4 rings (SSSR count). The van der Waals surface area contributed by atoms with Gasteiger partial charge in [0.05, 0.1) is 11.4 Å². The molecule has 1 N–H and O–H groups in total. The number of aryl methyl sites for hydroxylation is 1. The molecule has 3 heterocycles. The number of aromatic nitrogens is 6. The molecule has 31 heavy (non-hydrogen) atoms. The first-order chi connectivity index (χ1) is 15.2. The third-order valence-electron chi connectivity index (χ3n) is 5.00. The number of carbonyl (C=O) groups is 1. The van der Waals surface area contributed by atoms with Gasteiger partial charge >= 0.3 is 0 Å². The summed E-state index contributed by atoms with van der Waals surface area (Å²) in [5, 5.41) is 20.1. The molecule has 0 bridgehead atoms. The van der Waals surface area contributed by atoms with E-state index in [1.165, 1.54) is 4.68 Å². The highest BCUT2D eigenvalue weighted by atomic mass is 32.2. The van der Waals surface area contributed by atoms with Gasteiger partial charge in [-0.15, -0.1) is 15.3 Å². The molecule has 9 nitrogen and oxygen atoms in total. The minimum Gasteiger partial charge on any atom is -0.346 e. The number of hydrogen-bond acceptors (Lipinski definition) is 7. The van der Waals surface area contributed by atoms with E-state index in [0.717, 1.165) is 23.6 Å². The van der Waals surface area contributed by atoms with Crippen LogP contribution in [0.25, 0.3) is 16.6 Å². The van der Waals surface area contributed by atoms with Crippen LogP contribution in [0.3, 0.4) is 0 Å². The van der Waals surface area contributed by atoms with Gasteiger partial charge in [0, 0.05) is 19.2 Å². The Morgan fingerprint density at radius 2 is 1.97 bits per heavy atom. The zero-order chi connectivity index (χ0) is 21.6. The van der Waals surface area contributed by atoms with Crippen LogP contribution in [0.1, 0.15) is 31.1 Å². The number of carbonyl (C=O) groups excluding carboxylic acids is 1. The highest BCUT2D eigenvalue weighted by molar-refractivity contribution is 7.98. The zero-order valence-electron chi connectivity index (χ0n) is 17.1. The SMILES string of the molecule is CSCCC(NC(=O)CCCn1nnc2ccccc2c1=O)c1nnc2ccccn12. The van der Waals surface area contributed by atoms with Crippen LogP contribution in [0.5, 0.6) is 0 Å². The van der Waals surface area contributed by atoms with Gasteiger partial charge in [0.2, 0.25) is 5.91 Å². The van der Waals surface area contributed by atoms with E-state index in [1.54, 1.807) is 30.0 Å². The van der Waals surface area contributed by atoms with Gasteiger partial charge in [-0.3, -0.25) is 14.0 Å². The summed E-state index contributed by atoms with van der Waals surface area (Å²) in [6.45, 7) is 0.327. The van der Waals surface area contributed by atoms with Gasteiger partial charge in [0.15, 0.2) is 11.5 Å². The van der Waals surface area contributed by atoms with Crippen molar-refractivity contribution >= 4 is 34.2 Å². The topological polar surface area (TPSA) is 107 Å². The summed E-state index contributed by atoms with van der Waals surface area (Å²) in [5.74, 6) is 1.50. The second-order valence-corrected chi connectivity index (χ2v) is 8.11. The molecule has 0 aliphatic heterocycles. The van der Waals surface area contributed by atoms with Crippen molar-refractivity contribution in [3.8, 4) is 0 Å². The van der Waals surface area contributed by atoms with Gasteiger partial charge in [-0.05, 0) is 49.1 Å². The third-order valence-corrected chi connectivity index (χ3v) is 5.64. The van der Waals surface area contributed by atoms with Gasteiger partial charge in [-0.25, -0.2) is 4.68 Å². The third kappa shape index (κ3) is 4.74. The summed E-state index contributed by atoms with van der Waals surface area (Å²) in [5.41, 5.74) is 1.12. The van der Waals surface area contributed by atoms with Crippen LogP contribution in [0, 0.1) is 0 Å². The highest BCUT2D eigenvalue weighted by Crippen LogP contribution is 2.18. The number of amides is 1. The van der Waals surface area contributed by atoms with Crippen molar-refractivity contribution in [2.45, 2.75) is 31.8 Å². The number of rotatable bonds is 9. The predicted molar refractivity (Wildman–Crippen MR) is 120 cm³/mol. The average Bonchev–Trinajstić information content (AvgIpc) is 3.22. The Hall–Kier alpha value is -3.27. The fraction of sp³-hybridized carbons (Fsp3) is 0.333. The van der Waals surface area contributed by atoms with Gasteiger partial charge < -0.3 is 5.32 Å². The van der Waals surface area contributed by atoms with E-state index in [9.17, 15) is 9.59 Å². The summed E-state index contributed by atoms with van der Waals surface area (Å²) >= 11 is 1.72. The first kappa shape index (κ1) is 21.0. The molecule has 4 aromatic rings. The molecule has 160 valence electrons. The molecular weight excluding hydrogens is 414 g/mol. The first-order valence-electron chi connectivity index (χ1n) is 10.1. The van der Waals surface area contributed by atoms with E-state index < -0.39 is 0 Å². The average molecular weight is 438 g/mol. The number of fused-ring (bicyclic) bond motifs is 2. The quantitative estimate of drug-likeness (QED) is 0.428. The molecule has 0 saturated carbocycles. The molecule has 1 amide bonds. The Labute approximate surface area is 182 Å². The van der Waals surface area contributed by atoms with E-state index in [-0.39, 0.29) is 23.9 Å². The Bertz CT molecular complexity index is 1250. The molecule has 0 saturated heterocycles. The Morgan fingerprint density at radius 3 is 2.84 bits per heavy atom. The van der Waals surface area contributed by atoms with Gasteiger partial charge in [0.1, 0.15) is 5.52 Å². The second-order valence-electron chi connectivity index (χ2n) is 7.13. The Morgan fingerprint density at radius 1 is 1.13 bits per heavy atom. The minimum atomic E-state index is -0.236. The van der Waals surface area contributed by atoms with Gasteiger partial charge in [-0.2, -0.15) is 11.8 Å². The molecule has 1 unspecified atom stereocenters. The molecule has 3 aromatic heterocycles. The summed E-state index contributed by atoms with van der Waals surface area (Å²) in [7, 11) is 0. The smallest absolute Gasteiger partial charge is 0.277 e. The van der Waals surface area contributed by atoms with Crippen LogP contribution in [-0.2, 0) is 11.3 Å². The predicted octanol–water partition coefficient (Wildman–Crippen LogP) is 2.22. The lowest BCUT2D eigenvalue weighted by molar-refractivity contribution is -0.122. The molecule has 0 aliphatic rings. The van der Waals surface area contributed by atoms with E-state index in [0.29, 0.717) is 23.9 Å². The van der Waals surface area contributed by atoms with Crippen LogP contribution in [0.2, 0.25) is 0 Å². The molecule has 10 heteroatoms. The lowest BCUT2D eigenvalue weighted by Crippen LogP contribution is -2.31. The standard InChI is InChI=1S/C21H23N7O2S/c1-31-14-11-17(20-25-24-18-9-4-5-12-27(18)20)22-19(29)10-6-13-28-21(30)15-7-2-3-8-16(15)23-26-28/h2-5,7-9,12,17H,6,10-11,13-14H2,1H3,(H,22,29). The van der Waals surface area contributed by atoms with Crippen molar-refractivity contribution in [3.05, 3.63) is 64.8 Å². The maximum absolute atomic E-state index is 12.6. The number of nitrogens with zero attached hydrogens (tertiary/aromatic N) is 6. The number of thioether (sulfide) groups is 1. The van der Waals surface area contributed by atoms with Crippen molar-refractivity contribution in [2.75, 3.05) is 12.0 Å². The summed E-state index contributed by atoms with van der Waals surface area (Å²) in [6, 6.07) is 12.6. The normalized spacial score (nSPS) is 12.3. The molecule has 0 fully saturated rings. The van der Waals surface area contributed by atoms with E-state index in [4.69, 9.17) is 0 Å². The van der Waals surface area contributed by atoms with Crippen LogP contribution >= 0.6 is 11.8 Å². The van der Waals surface area contributed by atoms with Crippen LogP contribution < -0.4 is 10.9 Å². The second kappa shape index (κ2) is 9.69. The van der Waals surface area contributed by atoms with Crippen molar-refractivity contribution < 1.29 is 4.79 Å². The highest BCUT2D eigenvalue weighted by Gasteiger charge is 2.20. The first-order valence-corrected chi connectivity index (χ1v) is 11.5. The van der Waals surface area contributed by atoms with E-state index in [2.05, 4.69) is 25.8 Å². The van der Waals surface area contributed by atoms with Gasteiger partial charge in [-0.1, -0.05) is 23.4 Å². The van der Waals surface area contributed by atoms with Crippen molar-refractivity contribution in [3.63, 3.8) is 0 Å². The summed E-state index contributed by atoms with van der Waals surface area (Å²) in [4.78, 5) is 25.2. The van der Waals surface area contributed by atoms with E-state index in [1.807, 2.05) is 41.1 Å². The molecule has 0 aliphatic carbocycles. The molecule has 0 radical (unpaired) electrons. The Kier molecular flexibility index (Phi) is 6.56. The number of pyridine rings is 1. The number of benzene rings is 1. The van der Waals surface area contributed by atoms with Crippen molar-refractivity contribution in [1.82, 2.24) is 34.9 Å². The lowest BCUT2D eigenvalue weighted by Gasteiger charge is -2.17.